The summed E-state index contributed by atoms with van der Waals surface area (Å²) in [5.74, 6) is 0.679. The maximum absolute atomic E-state index is 12.4. The van der Waals surface area contributed by atoms with Crippen LogP contribution in [0.15, 0.2) is 16.8 Å². The zero-order valence-electron chi connectivity index (χ0n) is 9.19. The van der Waals surface area contributed by atoms with E-state index in [9.17, 15) is 13.2 Å². The Morgan fingerprint density at radius 1 is 1.28 bits per heavy atom. The number of anilines is 1. The fraction of sp³-hybridized carbons (Fsp3) is 0.333. The SMILES string of the molecule is Cc1nnc(CNc2cc(C(F)(F)F)ncn2)o1. The van der Waals surface area contributed by atoms with E-state index >= 15 is 0 Å². The molecular weight excluding hydrogens is 251 g/mol. The number of aromatic nitrogens is 4. The van der Waals surface area contributed by atoms with Crippen molar-refractivity contribution >= 4 is 5.82 Å². The molecule has 0 spiro atoms. The van der Waals surface area contributed by atoms with E-state index in [-0.39, 0.29) is 18.3 Å². The molecule has 0 saturated carbocycles. The zero-order valence-corrected chi connectivity index (χ0v) is 9.19. The summed E-state index contributed by atoms with van der Waals surface area (Å²) in [6, 6.07) is 0.809. The van der Waals surface area contributed by atoms with E-state index < -0.39 is 11.9 Å². The molecule has 0 bridgehead atoms. The highest BCUT2D eigenvalue weighted by Gasteiger charge is 2.32. The summed E-state index contributed by atoms with van der Waals surface area (Å²) in [7, 11) is 0. The number of hydrogen-bond donors (Lipinski definition) is 1. The lowest BCUT2D eigenvalue weighted by molar-refractivity contribution is -0.141. The Balaban J connectivity index is 2.06. The first-order chi connectivity index (χ1) is 8.45. The number of rotatable bonds is 3. The Hall–Kier alpha value is -2.19. The van der Waals surface area contributed by atoms with Gasteiger partial charge in [-0.25, -0.2) is 9.97 Å². The van der Waals surface area contributed by atoms with Gasteiger partial charge in [-0.3, -0.25) is 0 Å². The molecule has 2 aromatic rings. The van der Waals surface area contributed by atoms with Crippen LogP contribution < -0.4 is 5.32 Å². The monoisotopic (exact) mass is 259 g/mol. The summed E-state index contributed by atoms with van der Waals surface area (Å²) in [5, 5.41) is 9.91. The highest BCUT2D eigenvalue weighted by Crippen LogP contribution is 2.28. The minimum Gasteiger partial charge on any atom is -0.424 e. The van der Waals surface area contributed by atoms with Crippen molar-refractivity contribution in [2.75, 3.05) is 5.32 Å². The van der Waals surface area contributed by atoms with Crippen LogP contribution in [0.3, 0.4) is 0 Å². The van der Waals surface area contributed by atoms with Gasteiger partial charge in [-0.1, -0.05) is 0 Å². The van der Waals surface area contributed by atoms with Gasteiger partial charge in [-0.05, 0) is 0 Å². The lowest BCUT2D eigenvalue weighted by Gasteiger charge is -2.07. The van der Waals surface area contributed by atoms with Gasteiger partial charge in [0.05, 0.1) is 6.54 Å². The molecular formula is C9H8F3N5O. The van der Waals surface area contributed by atoms with Gasteiger partial charge in [0.1, 0.15) is 17.8 Å². The first-order valence-electron chi connectivity index (χ1n) is 4.87. The van der Waals surface area contributed by atoms with Crippen LogP contribution in [0.1, 0.15) is 17.5 Å². The Kier molecular flexibility index (Phi) is 3.13. The molecule has 6 nitrogen and oxygen atoms in total. The third kappa shape index (κ3) is 2.93. The molecule has 0 aromatic carbocycles. The fourth-order valence-electron chi connectivity index (χ4n) is 1.18. The highest BCUT2D eigenvalue weighted by atomic mass is 19.4. The summed E-state index contributed by atoms with van der Waals surface area (Å²) in [6.45, 7) is 1.71. The molecule has 2 aromatic heterocycles. The summed E-state index contributed by atoms with van der Waals surface area (Å²) in [4.78, 5) is 6.80. The maximum Gasteiger partial charge on any atom is 0.433 e. The summed E-state index contributed by atoms with van der Waals surface area (Å²) in [5.41, 5.74) is -1.01. The number of alkyl halides is 3. The van der Waals surface area contributed by atoms with Gasteiger partial charge >= 0.3 is 6.18 Å². The molecule has 2 heterocycles. The van der Waals surface area contributed by atoms with Crippen LogP contribution >= 0.6 is 0 Å². The number of aryl methyl sites for hydroxylation is 1. The van der Waals surface area contributed by atoms with Gasteiger partial charge < -0.3 is 9.73 Å². The molecule has 9 heteroatoms. The van der Waals surface area contributed by atoms with Crippen LogP contribution in [0.5, 0.6) is 0 Å². The van der Waals surface area contributed by atoms with Crippen LogP contribution in [0.25, 0.3) is 0 Å². The minimum absolute atomic E-state index is 0.0354. The van der Waals surface area contributed by atoms with Crippen molar-refractivity contribution in [3.63, 3.8) is 0 Å². The average Bonchev–Trinajstić information content (AvgIpc) is 2.72. The second-order valence-electron chi connectivity index (χ2n) is 3.35. The van der Waals surface area contributed by atoms with Gasteiger partial charge in [0.2, 0.25) is 11.8 Å². The van der Waals surface area contributed by atoms with E-state index in [1.54, 1.807) is 6.92 Å². The second-order valence-corrected chi connectivity index (χ2v) is 3.35. The van der Waals surface area contributed by atoms with Gasteiger partial charge in [-0.15, -0.1) is 10.2 Å². The molecule has 0 radical (unpaired) electrons. The number of halogens is 3. The molecule has 0 saturated heterocycles. The maximum atomic E-state index is 12.4. The fourth-order valence-corrected chi connectivity index (χ4v) is 1.18. The van der Waals surface area contributed by atoms with E-state index in [0.717, 1.165) is 12.4 Å². The van der Waals surface area contributed by atoms with Crippen LogP contribution in [-0.2, 0) is 12.7 Å². The normalized spacial score (nSPS) is 11.6. The smallest absolute Gasteiger partial charge is 0.424 e. The Morgan fingerprint density at radius 2 is 2.06 bits per heavy atom. The molecule has 0 atom stereocenters. The number of nitrogens with zero attached hydrogens (tertiary/aromatic N) is 4. The topological polar surface area (TPSA) is 76.7 Å². The van der Waals surface area contributed by atoms with E-state index in [4.69, 9.17) is 4.42 Å². The van der Waals surface area contributed by atoms with E-state index in [0.29, 0.717) is 5.89 Å². The van der Waals surface area contributed by atoms with Gasteiger partial charge in [-0.2, -0.15) is 13.2 Å². The third-order valence-corrected chi connectivity index (χ3v) is 1.95. The van der Waals surface area contributed by atoms with Crippen molar-refractivity contribution in [1.82, 2.24) is 20.2 Å². The van der Waals surface area contributed by atoms with E-state index in [1.165, 1.54) is 0 Å². The number of nitrogens with one attached hydrogen (secondary N) is 1. The largest absolute Gasteiger partial charge is 0.433 e. The van der Waals surface area contributed by atoms with Crippen LogP contribution in [0.2, 0.25) is 0 Å². The third-order valence-electron chi connectivity index (χ3n) is 1.95. The molecule has 0 aliphatic heterocycles. The molecule has 0 amide bonds. The van der Waals surface area contributed by atoms with E-state index in [2.05, 4.69) is 25.5 Å². The van der Waals surface area contributed by atoms with Crippen LogP contribution in [0, 0.1) is 6.92 Å². The predicted octanol–water partition coefficient (Wildman–Crippen LogP) is 1.80. The van der Waals surface area contributed by atoms with Crippen molar-refractivity contribution < 1.29 is 17.6 Å². The van der Waals surface area contributed by atoms with Gasteiger partial charge in [0, 0.05) is 13.0 Å². The van der Waals surface area contributed by atoms with Crippen molar-refractivity contribution in [3.8, 4) is 0 Å². The summed E-state index contributed by atoms with van der Waals surface area (Å²) >= 11 is 0. The molecule has 0 fully saturated rings. The highest BCUT2D eigenvalue weighted by molar-refractivity contribution is 5.35. The molecule has 1 N–H and O–H groups in total. The molecule has 0 aliphatic rings. The zero-order chi connectivity index (χ0) is 13.2. The summed E-state index contributed by atoms with van der Waals surface area (Å²) in [6.07, 6.45) is -3.66. The van der Waals surface area contributed by atoms with Crippen molar-refractivity contribution in [3.05, 3.63) is 29.9 Å². The summed E-state index contributed by atoms with van der Waals surface area (Å²) < 4.78 is 42.2. The average molecular weight is 259 g/mol. The van der Waals surface area contributed by atoms with Crippen molar-refractivity contribution in [1.29, 1.82) is 0 Å². The molecule has 18 heavy (non-hydrogen) atoms. The Labute approximate surface area is 99.3 Å². The molecule has 2 rings (SSSR count). The Morgan fingerprint density at radius 3 is 2.67 bits per heavy atom. The predicted molar refractivity (Wildman–Crippen MR) is 53.4 cm³/mol. The molecule has 96 valence electrons. The molecule has 0 unspecified atom stereocenters. The van der Waals surface area contributed by atoms with Crippen molar-refractivity contribution in [2.24, 2.45) is 0 Å². The molecule has 0 aliphatic carbocycles. The first-order valence-corrected chi connectivity index (χ1v) is 4.87. The standard InChI is InChI=1S/C9H8F3N5O/c1-5-16-17-8(18-5)3-13-7-2-6(9(10,11)12)14-4-15-7/h2,4H,3H2,1H3,(H,13,14,15). The first kappa shape index (κ1) is 12.3. The Bertz CT molecular complexity index is 539. The number of hydrogen-bond acceptors (Lipinski definition) is 6. The quantitative estimate of drug-likeness (QED) is 0.905. The van der Waals surface area contributed by atoms with Crippen LogP contribution in [-0.4, -0.2) is 20.2 Å². The van der Waals surface area contributed by atoms with E-state index in [1.807, 2.05) is 0 Å². The minimum atomic E-state index is -4.50. The lowest BCUT2D eigenvalue weighted by atomic mass is 10.4. The van der Waals surface area contributed by atoms with Crippen molar-refractivity contribution in [2.45, 2.75) is 19.6 Å². The lowest BCUT2D eigenvalue weighted by Crippen LogP contribution is -2.10. The van der Waals surface area contributed by atoms with Gasteiger partial charge in [0.25, 0.3) is 0 Å². The van der Waals surface area contributed by atoms with Gasteiger partial charge in [0.15, 0.2) is 0 Å². The second kappa shape index (κ2) is 4.59. The van der Waals surface area contributed by atoms with Crippen LogP contribution in [0.4, 0.5) is 19.0 Å².